The van der Waals surface area contributed by atoms with Gasteiger partial charge in [0.05, 0.1) is 0 Å². The first-order valence-electron chi connectivity index (χ1n) is 6.35. The first-order chi connectivity index (χ1) is 8.05. The van der Waals surface area contributed by atoms with Crippen LogP contribution in [0, 0.1) is 18.3 Å². The number of hydrogen-bond donors (Lipinski definition) is 1. The molecule has 0 saturated heterocycles. The lowest BCUT2D eigenvalue weighted by Gasteiger charge is -2.29. The maximum Gasteiger partial charge on any atom is 0.0453 e. The minimum absolute atomic E-state index is 0.245. The van der Waals surface area contributed by atoms with Crippen molar-refractivity contribution >= 4 is 5.71 Å². The van der Waals surface area contributed by atoms with Gasteiger partial charge in [0.25, 0.3) is 0 Å². The monoisotopic (exact) mass is 230 g/mol. The van der Waals surface area contributed by atoms with Crippen molar-refractivity contribution in [2.24, 2.45) is 22.1 Å². The van der Waals surface area contributed by atoms with Crippen LogP contribution in [0.1, 0.15) is 31.4 Å². The van der Waals surface area contributed by atoms with Crippen molar-refractivity contribution in [2.45, 2.75) is 27.2 Å². The molecule has 92 valence electrons. The molecule has 2 heteroatoms. The van der Waals surface area contributed by atoms with Crippen LogP contribution in [-0.4, -0.2) is 18.8 Å². The molecule has 2 atom stereocenters. The van der Waals surface area contributed by atoms with Gasteiger partial charge in [0.1, 0.15) is 0 Å². The minimum Gasteiger partial charge on any atom is -0.330 e. The van der Waals surface area contributed by atoms with Crippen LogP contribution in [0.5, 0.6) is 0 Å². The summed E-state index contributed by atoms with van der Waals surface area (Å²) in [5, 5.41) is 0. The van der Waals surface area contributed by atoms with Crippen molar-refractivity contribution in [3.05, 3.63) is 35.4 Å². The molecule has 1 heterocycles. The summed E-state index contributed by atoms with van der Waals surface area (Å²) >= 11 is 0. The van der Waals surface area contributed by atoms with Crippen molar-refractivity contribution in [1.29, 1.82) is 0 Å². The fourth-order valence-corrected chi connectivity index (χ4v) is 2.32. The van der Waals surface area contributed by atoms with Gasteiger partial charge in [-0.05, 0) is 36.8 Å². The third-order valence-electron chi connectivity index (χ3n) is 4.13. The fourth-order valence-electron chi connectivity index (χ4n) is 2.32. The van der Waals surface area contributed by atoms with E-state index < -0.39 is 0 Å². The lowest BCUT2D eigenvalue weighted by molar-refractivity contribution is 0.243. The molecule has 2 rings (SSSR count). The summed E-state index contributed by atoms with van der Waals surface area (Å²) in [4.78, 5) is 4.72. The van der Waals surface area contributed by atoms with Crippen LogP contribution in [0.25, 0.3) is 0 Å². The molecule has 0 spiro atoms. The Morgan fingerprint density at radius 2 is 2.00 bits per heavy atom. The number of rotatable bonds is 3. The Morgan fingerprint density at radius 1 is 1.35 bits per heavy atom. The van der Waals surface area contributed by atoms with Crippen molar-refractivity contribution in [1.82, 2.24) is 0 Å². The minimum atomic E-state index is 0.245. The third-order valence-corrected chi connectivity index (χ3v) is 4.13. The van der Waals surface area contributed by atoms with E-state index in [1.165, 1.54) is 16.8 Å². The van der Waals surface area contributed by atoms with Crippen LogP contribution >= 0.6 is 0 Å². The summed E-state index contributed by atoms with van der Waals surface area (Å²) in [7, 11) is 0. The van der Waals surface area contributed by atoms with Gasteiger partial charge in [-0.2, -0.15) is 0 Å². The average molecular weight is 230 g/mol. The zero-order chi connectivity index (χ0) is 12.5. The van der Waals surface area contributed by atoms with Crippen LogP contribution < -0.4 is 5.73 Å². The maximum atomic E-state index is 5.79. The average Bonchev–Trinajstić information content (AvgIpc) is 2.73. The Morgan fingerprint density at radius 3 is 2.59 bits per heavy atom. The smallest absolute Gasteiger partial charge is 0.0453 e. The molecule has 0 aliphatic carbocycles. The molecule has 0 amide bonds. The summed E-state index contributed by atoms with van der Waals surface area (Å²) in [6, 6.07) is 8.65. The van der Waals surface area contributed by atoms with Crippen molar-refractivity contribution < 1.29 is 0 Å². The van der Waals surface area contributed by atoms with Crippen LogP contribution in [0.4, 0.5) is 0 Å². The second kappa shape index (κ2) is 4.61. The number of aliphatic imine (C=N–C) groups is 1. The van der Waals surface area contributed by atoms with Gasteiger partial charge >= 0.3 is 0 Å². The highest BCUT2D eigenvalue weighted by Crippen LogP contribution is 2.37. The van der Waals surface area contributed by atoms with Crippen LogP contribution in [-0.2, 0) is 0 Å². The molecule has 1 aromatic carbocycles. The summed E-state index contributed by atoms with van der Waals surface area (Å²) in [6.07, 6.45) is 1.05. The van der Waals surface area contributed by atoms with Crippen LogP contribution in [0.3, 0.4) is 0 Å². The molecule has 1 aliphatic rings. The van der Waals surface area contributed by atoms with Gasteiger partial charge in [0.2, 0.25) is 0 Å². The molecular weight excluding hydrogens is 208 g/mol. The first kappa shape index (κ1) is 12.3. The molecule has 17 heavy (non-hydrogen) atoms. The predicted octanol–water partition coefficient (Wildman–Crippen LogP) is 2.79. The second-order valence-corrected chi connectivity index (χ2v) is 5.60. The number of hydrogen-bond acceptors (Lipinski definition) is 2. The van der Waals surface area contributed by atoms with Gasteiger partial charge in [-0.15, -0.1) is 0 Å². The van der Waals surface area contributed by atoms with E-state index >= 15 is 0 Å². The molecular formula is C15H22N2. The van der Waals surface area contributed by atoms with Crippen molar-refractivity contribution in [3.8, 4) is 0 Å². The first-order valence-corrected chi connectivity index (χ1v) is 6.35. The van der Waals surface area contributed by atoms with E-state index in [4.69, 9.17) is 10.7 Å². The topological polar surface area (TPSA) is 38.4 Å². The lowest BCUT2D eigenvalue weighted by Crippen LogP contribution is -2.32. The zero-order valence-corrected chi connectivity index (χ0v) is 11.0. The molecule has 0 radical (unpaired) electrons. The SMILES string of the molecule is Cc1ccc(C2=NCC(C)(C(C)CN)C2)cc1. The largest absolute Gasteiger partial charge is 0.330 e. The van der Waals surface area contributed by atoms with Gasteiger partial charge in [-0.25, -0.2) is 0 Å². The van der Waals surface area contributed by atoms with Gasteiger partial charge < -0.3 is 5.73 Å². The normalized spacial score (nSPS) is 25.8. The Kier molecular flexibility index (Phi) is 3.34. The molecule has 1 aromatic rings. The molecule has 2 N–H and O–H groups in total. The summed E-state index contributed by atoms with van der Waals surface area (Å²) in [5.41, 5.74) is 9.84. The Labute approximate surface area is 104 Å². The molecule has 2 nitrogen and oxygen atoms in total. The van der Waals surface area contributed by atoms with E-state index in [2.05, 4.69) is 45.0 Å². The highest BCUT2D eigenvalue weighted by molar-refractivity contribution is 6.02. The molecule has 2 unspecified atom stereocenters. The second-order valence-electron chi connectivity index (χ2n) is 5.60. The van der Waals surface area contributed by atoms with Crippen molar-refractivity contribution in [3.63, 3.8) is 0 Å². The van der Waals surface area contributed by atoms with Gasteiger partial charge in [0.15, 0.2) is 0 Å². The maximum absolute atomic E-state index is 5.79. The van der Waals surface area contributed by atoms with E-state index in [0.717, 1.165) is 19.5 Å². The number of nitrogens with two attached hydrogens (primary N) is 1. The van der Waals surface area contributed by atoms with E-state index in [0.29, 0.717) is 5.92 Å². The van der Waals surface area contributed by atoms with Crippen LogP contribution in [0.15, 0.2) is 29.3 Å². The molecule has 0 fully saturated rings. The highest BCUT2D eigenvalue weighted by Gasteiger charge is 2.35. The molecule has 0 saturated carbocycles. The Balaban J connectivity index is 2.14. The molecule has 0 aromatic heterocycles. The van der Waals surface area contributed by atoms with Gasteiger partial charge in [0, 0.05) is 12.3 Å². The van der Waals surface area contributed by atoms with E-state index in [1.54, 1.807) is 0 Å². The predicted molar refractivity (Wildman–Crippen MR) is 73.5 cm³/mol. The summed E-state index contributed by atoms with van der Waals surface area (Å²) in [6.45, 7) is 8.30. The van der Waals surface area contributed by atoms with Gasteiger partial charge in [-0.1, -0.05) is 43.7 Å². The zero-order valence-electron chi connectivity index (χ0n) is 11.0. The number of benzene rings is 1. The number of aryl methyl sites for hydroxylation is 1. The highest BCUT2D eigenvalue weighted by atomic mass is 14.8. The standard InChI is InChI=1S/C15H22N2/c1-11-4-6-13(7-5-11)14-8-15(3,10-17-14)12(2)9-16/h4-7,12H,8-10,16H2,1-3H3. The lowest BCUT2D eigenvalue weighted by atomic mass is 9.75. The van der Waals surface area contributed by atoms with E-state index in [9.17, 15) is 0 Å². The van der Waals surface area contributed by atoms with Crippen LogP contribution in [0.2, 0.25) is 0 Å². The summed E-state index contributed by atoms with van der Waals surface area (Å²) < 4.78 is 0. The molecule has 1 aliphatic heterocycles. The molecule has 0 bridgehead atoms. The summed E-state index contributed by atoms with van der Waals surface area (Å²) in [5.74, 6) is 0.522. The van der Waals surface area contributed by atoms with Crippen molar-refractivity contribution in [2.75, 3.05) is 13.1 Å². The third kappa shape index (κ3) is 2.42. The van der Waals surface area contributed by atoms with E-state index in [-0.39, 0.29) is 5.41 Å². The number of nitrogens with zero attached hydrogens (tertiary/aromatic N) is 1. The Bertz CT molecular complexity index is 419. The quantitative estimate of drug-likeness (QED) is 0.852. The van der Waals surface area contributed by atoms with Gasteiger partial charge in [-0.3, -0.25) is 4.99 Å². The Hall–Kier alpha value is -1.15. The fraction of sp³-hybridized carbons (Fsp3) is 0.533. The van der Waals surface area contributed by atoms with E-state index in [1.807, 2.05) is 0 Å².